The Morgan fingerprint density at radius 2 is 1.05 bits per heavy atom. The van der Waals surface area contributed by atoms with Gasteiger partial charge in [-0.15, -0.1) is 0 Å². The van der Waals surface area contributed by atoms with Crippen molar-refractivity contribution >= 4 is 5.91 Å². The van der Waals surface area contributed by atoms with Crippen LogP contribution in [0.3, 0.4) is 0 Å². The van der Waals surface area contributed by atoms with Crippen LogP contribution in [0, 0.1) is 5.92 Å². The summed E-state index contributed by atoms with van der Waals surface area (Å²) in [5, 5.41) is 2.96. The van der Waals surface area contributed by atoms with E-state index in [-0.39, 0.29) is 5.91 Å². The van der Waals surface area contributed by atoms with E-state index in [1.807, 2.05) is 0 Å². The van der Waals surface area contributed by atoms with Crippen molar-refractivity contribution in [3.05, 3.63) is 23.8 Å². The summed E-state index contributed by atoms with van der Waals surface area (Å²) >= 11 is 0. The largest absolute Gasteiger partial charge is 0.491 e. The van der Waals surface area contributed by atoms with Gasteiger partial charge in [-0.3, -0.25) is 4.79 Å². The highest BCUT2D eigenvalue weighted by Gasteiger charge is 2.11. The molecule has 41 heavy (non-hydrogen) atoms. The number of nitrogens with one attached hydrogen (secondary N) is 1. The number of carbonyl (C=O) groups is 1. The van der Waals surface area contributed by atoms with Gasteiger partial charge in [0.25, 0.3) is 5.91 Å². The lowest BCUT2D eigenvalue weighted by atomic mass is 10.1. The van der Waals surface area contributed by atoms with Gasteiger partial charge in [-0.1, -0.05) is 20.8 Å². The Bertz CT molecular complexity index is 750. The number of amides is 1. The topological polar surface area (TPSA) is 112 Å². The summed E-state index contributed by atoms with van der Waals surface area (Å²) in [5.41, 5.74) is 0.475. The Hall–Kier alpha value is -1.99. The molecule has 0 saturated heterocycles. The normalized spacial score (nSPS) is 11.2. The first kappa shape index (κ1) is 37.0. The molecule has 0 heterocycles. The first-order valence-electron chi connectivity index (χ1n) is 14.7. The molecule has 11 heteroatoms. The second-order valence-electron chi connectivity index (χ2n) is 9.50. The van der Waals surface area contributed by atoms with E-state index in [0.717, 1.165) is 19.4 Å². The summed E-state index contributed by atoms with van der Waals surface area (Å²) in [6.07, 6.45) is 1.90. The SMILES string of the molecule is CCCOCCOCCOCCOc1cc(OCCOCCOCCOCCOC)cc(C(=O)NCCC(C)C)c1. The number of methoxy groups -OCH3 is 1. The monoisotopic (exact) mass is 587 g/mol. The van der Waals surface area contributed by atoms with Crippen molar-refractivity contribution in [2.24, 2.45) is 5.92 Å². The molecule has 1 rings (SSSR count). The van der Waals surface area contributed by atoms with Crippen LogP contribution in [0.15, 0.2) is 18.2 Å². The third-order valence-electron chi connectivity index (χ3n) is 5.41. The third kappa shape index (κ3) is 22.3. The minimum Gasteiger partial charge on any atom is -0.491 e. The van der Waals surface area contributed by atoms with Crippen LogP contribution in [0.4, 0.5) is 0 Å². The van der Waals surface area contributed by atoms with E-state index in [4.69, 9.17) is 42.6 Å². The minimum atomic E-state index is -0.170. The van der Waals surface area contributed by atoms with Gasteiger partial charge in [0, 0.05) is 31.9 Å². The zero-order chi connectivity index (χ0) is 29.8. The molecule has 0 spiro atoms. The molecule has 0 radical (unpaired) electrons. The van der Waals surface area contributed by atoms with E-state index in [1.165, 1.54) is 0 Å². The molecule has 0 aromatic heterocycles. The summed E-state index contributed by atoms with van der Waals surface area (Å²) in [5.74, 6) is 1.40. The van der Waals surface area contributed by atoms with Gasteiger partial charge in [-0.25, -0.2) is 0 Å². The summed E-state index contributed by atoms with van der Waals surface area (Å²) in [4.78, 5) is 12.7. The summed E-state index contributed by atoms with van der Waals surface area (Å²) in [6, 6.07) is 5.18. The van der Waals surface area contributed by atoms with Crippen LogP contribution in [-0.2, 0) is 33.2 Å². The highest BCUT2D eigenvalue weighted by atomic mass is 16.6. The molecule has 0 aliphatic rings. The molecular weight excluding hydrogens is 534 g/mol. The fraction of sp³-hybridized carbons (Fsp3) is 0.767. The van der Waals surface area contributed by atoms with E-state index in [0.29, 0.717) is 122 Å². The smallest absolute Gasteiger partial charge is 0.251 e. The van der Waals surface area contributed by atoms with Crippen molar-refractivity contribution in [2.75, 3.05) is 113 Å². The quantitative estimate of drug-likeness (QED) is 0.140. The molecular formula is C30H53NO10. The molecule has 0 unspecified atom stereocenters. The van der Waals surface area contributed by atoms with E-state index in [2.05, 4.69) is 26.1 Å². The van der Waals surface area contributed by atoms with Crippen LogP contribution < -0.4 is 14.8 Å². The number of rotatable bonds is 29. The van der Waals surface area contributed by atoms with Crippen molar-refractivity contribution in [1.82, 2.24) is 5.32 Å². The van der Waals surface area contributed by atoms with E-state index < -0.39 is 0 Å². The summed E-state index contributed by atoms with van der Waals surface area (Å²) in [6.45, 7) is 14.3. The number of carbonyl (C=O) groups excluding carboxylic acids is 1. The second-order valence-corrected chi connectivity index (χ2v) is 9.50. The van der Waals surface area contributed by atoms with E-state index in [9.17, 15) is 4.79 Å². The van der Waals surface area contributed by atoms with Crippen LogP contribution in [-0.4, -0.2) is 119 Å². The lowest BCUT2D eigenvalue weighted by molar-refractivity contribution is 0.000144. The van der Waals surface area contributed by atoms with Crippen molar-refractivity contribution in [2.45, 2.75) is 33.6 Å². The maximum absolute atomic E-state index is 12.7. The molecule has 0 aliphatic heterocycles. The minimum absolute atomic E-state index is 0.170. The van der Waals surface area contributed by atoms with Crippen LogP contribution in [0.25, 0.3) is 0 Å². The Morgan fingerprint density at radius 1 is 0.634 bits per heavy atom. The second kappa shape index (κ2) is 26.9. The van der Waals surface area contributed by atoms with Crippen LogP contribution >= 0.6 is 0 Å². The van der Waals surface area contributed by atoms with Gasteiger partial charge in [0.15, 0.2) is 0 Å². The lowest BCUT2D eigenvalue weighted by Gasteiger charge is -2.13. The average Bonchev–Trinajstić information content (AvgIpc) is 2.96. The van der Waals surface area contributed by atoms with Gasteiger partial charge in [0.2, 0.25) is 0 Å². The van der Waals surface area contributed by atoms with Gasteiger partial charge >= 0.3 is 0 Å². The molecule has 1 aromatic rings. The van der Waals surface area contributed by atoms with Crippen molar-refractivity contribution in [3.63, 3.8) is 0 Å². The fourth-order valence-corrected chi connectivity index (χ4v) is 3.25. The van der Waals surface area contributed by atoms with Crippen LogP contribution in [0.1, 0.15) is 44.0 Å². The first-order valence-corrected chi connectivity index (χ1v) is 14.7. The van der Waals surface area contributed by atoms with Crippen LogP contribution in [0.2, 0.25) is 0 Å². The third-order valence-corrected chi connectivity index (χ3v) is 5.41. The molecule has 0 fully saturated rings. The van der Waals surface area contributed by atoms with Crippen molar-refractivity contribution < 1.29 is 47.4 Å². The van der Waals surface area contributed by atoms with Gasteiger partial charge in [-0.05, 0) is 30.9 Å². The predicted octanol–water partition coefficient (Wildman–Crippen LogP) is 3.38. The van der Waals surface area contributed by atoms with Gasteiger partial charge < -0.3 is 47.9 Å². The molecule has 1 aromatic carbocycles. The van der Waals surface area contributed by atoms with Gasteiger partial charge in [0.1, 0.15) is 24.7 Å². The molecule has 1 N–H and O–H groups in total. The maximum atomic E-state index is 12.7. The van der Waals surface area contributed by atoms with E-state index in [1.54, 1.807) is 25.3 Å². The molecule has 1 amide bonds. The van der Waals surface area contributed by atoms with Gasteiger partial charge in [0.05, 0.1) is 79.3 Å². The van der Waals surface area contributed by atoms with Gasteiger partial charge in [-0.2, -0.15) is 0 Å². The lowest BCUT2D eigenvalue weighted by Crippen LogP contribution is -2.25. The molecule has 0 saturated carbocycles. The Morgan fingerprint density at radius 3 is 1.46 bits per heavy atom. The number of benzene rings is 1. The van der Waals surface area contributed by atoms with Crippen molar-refractivity contribution in [1.29, 1.82) is 0 Å². The fourth-order valence-electron chi connectivity index (χ4n) is 3.25. The predicted molar refractivity (Wildman–Crippen MR) is 156 cm³/mol. The molecule has 238 valence electrons. The van der Waals surface area contributed by atoms with Crippen LogP contribution in [0.5, 0.6) is 11.5 Å². The van der Waals surface area contributed by atoms with E-state index >= 15 is 0 Å². The zero-order valence-electron chi connectivity index (χ0n) is 25.6. The summed E-state index contributed by atoms with van der Waals surface area (Å²) < 4.78 is 49.4. The Labute approximate surface area is 246 Å². The van der Waals surface area contributed by atoms with Crippen molar-refractivity contribution in [3.8, 4) is 11.5 Å². The molecule has 11 nitrogen and oxygen atoms in total. The highest BCUT2D eigenvalue weighted by Crippen LogP contribution is 2.23. The number of ether oxygens (including phenoxy) is 9. The average molecular weight is 588 g/mol. The number of hydrogen-bond acceptors (Lipinski definition) is 10. The standard InChI is InChI=1S/C30H53NO10/c1-5-8-34-11-12-36-15-17-38-19-21-40-28-23-27(30(32)31-7-6-26(2)3)24-29(25-28)41-22-20-39-18-16-37-14-13-35-10-9-33-4/h23-26H,5-22H2,1-4H3,(H,31,32). The maximum Gasteiger partial charge on any atom is 0.251 e. The zero-order valence-corrected chi connectivity index (χ0v) is 25.6. The summed E-state index contributed by atoms with van der Waals surface area (Å²) in [7, 11) is 1.64. The molecule has 0 aliphatic carbocycles. The Kier molecular flexibility index (Phi) is 24.3. The molecule has 0 atom stereocenters. The first-order chi connectivity index (χ1) is 20.1. The molecule has 0 bridgehead atoms. The Balaban J connectivity index is 2.38. The highest BCUT2D eigenvalue weighted by molar-refractivity contribution is 5.95. The number of hydrogen-bond donors (Lipinski definition) is 1.